The van der Waals surface area contributed by atoms with Gasteiger partial charge in [-0.05, 0) is 26.0 Å². The van der Waals surface area contributed by atoms with Crippen molar-refractivity contribution in [3.8, 4) is 0 Å². The van der Waals surface area contributed by atoms with E-state index in [0.717, 1.165) is 0 Å². The minimum atomic E-state index is -1.72. The molecule has 0 spiro atoms. The first-order valence-electron chi connectivity index (χ1n) is 6.97. The summed E-state index contributed by atoms with van der Waals surface area (Å²) in [4.78, 5) is 37.2. The molecular formula is C15H22N2O4. The minimum Gasteiger partial charge on any atom is -0.465 e. The Kier molecular flexibility index (Phi) is 5.43. The molecular weight excluding hydrogens is 272 g/mol. The van der Waals surface area contributed by atoms with Crippen molar-refractivity contribution in [3.63, 3.8) is 0 Å². The first kappa shape index (κ1) is 17.1. The highest BCUT2D eigenvalue weighted by Crippen LogP contribution is 2.39. The second-order valence-electron chi connectivity index (χ2n) is 5.04. The monoisotopic (exact) mass is 294 g/mol. The number of allylic oxidation sites excluding steroid dienone is 2. The molecule has 0 aliphatic heterocycles. The maximum Gasteiger partial charge on any atom is 0.324 e. The molecule has 0 radical (unpaired) electrons. The van der Waals surface area contributed by atoms with Gasteiger partial charge in [0.25, 0.3) is 0 Å². The smallest absolute Gasteiger partial charge is 0.324 e. The van der Waals surface area contributed by atoms with E-state index in [4.69, 9.17) is 16.2 Å². The zero-order valence-electron chi connectivity index (χ0n) is 12.6. The second kappa shape index (κ2) is 6.67. The average molecular weight is 294 g/mol. The number of carbonyl (C=O) groups is 3. The standard InChI is InChI=1S/C15H22N2O4/c1-4-12(18)11-8-10(17)6-7-15(11,13(19)9(3)16)14(20)21-5-2/h6-9,11H,4-5,16-17H2,1-3H3/t9-,11?,15?/m0/s1. The molecule has 21 heavy (non-hydrogen) atoms. The van der Waals surface area contributed by atoms with Crippen LogP contribution in [0.25, 0.3) is 0 Å². The lowest BCUT2D eigenvalue weighted by Crippen LogP contribution is -2.53. The van der Waals surface area contributed by atoms with Crippen molar-refractivity contribution in [2.45, 2.75) is 33.2 Å². The lowest BCUT2D eigenvalue weighted by Gasteiger charge is -2.35. The zero-order chi connectivity index (χ0) is 16.2. The Morgan fingerprint density at radius 3 is 2.48 bits per heavy atom. The van der Waals surface area contributed by atoms with Crippen LogP contribution in [0.4, 0.5) is 0 Å². The van der Waals surface area contributed by atoms with Crippen LogP contribution in [0.3, 0.4) is 0 Å². The van der Waals surface area contributed by atoms with Crippen LogP contribution in [0.1, 0.15) is 27.2 Å². The molecule has 0 saturated heterocycles. The topological polar surface area (TPSA) is 112 Å². The zero-order valence-corrected chi connectivity index (χ0v) is 12.6. The SMILES string of the molecule is CCOC(=O)C1(C(=O)[C@H](C)N)C=CC(N)=CC1C(=O)CC. The molecule has 0 amide bonds. The van der Waals surface area contributed by atoms with Gasteiger partial charge in [0.15, 0.2) is 11.2 Å². The number of nitrogens with two attached hydrogens (primary N) is 2. The number of hydrogen-bond donors (Lipinski definition) is 2. The van der Waals surface area contributed by atoms with Crippen molar-refractivity contribution in [1.29, 1.82) is 0 Å². The molecule has 2 unspecified atom stereocenters. The maximum atomic E-state index is 12.6. The summed E-state index contributed by atoms with van der Waals surface area (Å²) in [5, 5.41) is 0. The van der Waals surface area contributed by atoms with Crippen LogP contribution in [-0.4, -0.2) is 30.2 Å². The Morgan fingerprint density at radius 2 is 2.00 bits per heavy atom. The van der Waals surface area contributed by atoms with E-state index in [1.54, 1.807) is 13.8 Å². The molecule has 1 rings (SSSR count). The number of Topliss-reactive ketones (excluding diaryl/α,β-unsaturated/α-hetero) is 2. The number of rotatable bonds is 6. The fraction of sp³-hybridized carbons (Fsp3) is 0.533. The predicted octanol–water partition coefficient (Wildman–Crippen LogP) is 0.460. The van der Waals surface area contributed by atoms with Crippen molar-refractivity contribution in [2.75, 3.05) is 6.61 Å². The first-order valence-corrected chi connectivity index (χ1v) is 6.97. The van der Waals surface area contributed by atoms with Gasteiger partial charge >= 0.3 is 5.97 Å². The van der Waals surface area contributed by atoms with Crippen LogP contribution in [0, 0.1) is 11.3 Å². The van der Waals surface area contributed by atoms with Gasteiger partial charge in [0.05, 0.1) is 18.6 Å². The Hall–Kier alpha value is -1.95. The third kappa shape index (κ3) is 3.05. The van der Waals surface area contributed by atoms with Gasteiger partial charge in [-0.2, -0.15) is 0 Å². The highest BCUT2D eigenvalue weighted by molar-refractivity contribution is 6.12. The van der Waals surface area contributed by atoms with E-state index < -0.39 is 29.1 Å². The summed E-state index contributed by atoms with van der Waals surface area (Å²) in [5.74, 6) is -2.55. The normalized spacial score (nSPS) is 25.9. The molecule has 0 bridgehead atoms. The fourth-order valence-corrected chi connectivity index (χ4v) is 2.44. The maximum absolute atomic E-state index is 12.6. The van der Waals surface area contributed by atoms with Gasteiger partial charge in [-0.15, -0.1) is 0 Å². The summed E-state index contributed by atoms with van der Waals surface area (Å²) in [7, 11) is 0. The fourth-order valence-electron chi connectivity index (χ4n) is 2.44. The van der Waals surface area contributed by atoms with Gasteiger partial charge in [-0.1, -0.05) is 13.0 Å². The van der Waals surface area contributed by atoms with Gasteiger partial charge in [0.2, 0.25) is 0 Å². The Morgan fingerprint density at radius 1 is 1.38 bits per heavy atom. The van der Waals surface area contributed by atoms with E-state index in [-0.39, 0.29) is 18.8 Å². The van der Waals surface area contributed by atoms with Crippen molar-refractivity contribution in [3.05, 3.63) is 23.9 Å². The van der Waals surface area contributed by atoms with Gasteiger partial charge in [0.1, 0.15) is 5.78 Å². The molecule has 0 aromatic rings. The van der Waals surface area contributed by atoms with Crippen LogP contribution in [0.5, 0.6) is 0 Å². The molecule has 1 aliphatic carbocycles. The summed E-state index contributed by atoms with van der Waals surface area (Å²) in [5.41, 5.74) is 10.00. The number of ketones is 2. The van der Waals surface area contributed by atoms with E-state index in [1.807, 2.05) is 0 Å². The molecule has 0 fully saturated rings. The predicted molar refractivity (Wildman–Crippen MR) is 77.9 cm³/mol. The number of ether oxygens (including phenoxy) is 1. The highest BCUT2D eigenvalue weighted by Gasteiger charge is 2.54. The van der Waals surface area contributed by atoms with Crippen LogP contribution in [-0.2, 0) is 19.1 Å². The summed E-state index contributed by atoms with van der Waals surface area (Å²) in [6.45, 7) is 4.88. The quantitative estimate of drug-likeness (QED) is 0.543. The molecule has 6 heteroatoms. The van der Waals surface area contributed by atoms with Crippen molar-refractivity contribution < 1.29 is 19.1 Å². The number of hydrogen-bond acceptors (Lipinski definition) is 6. The molecule has 3 atom stereocenters. The minimum absolute atomic E-state index is 0.104. The van der Waals surface area contributed by atoms with Crippen molar-refractivity contribution in [1.82, 2.24) is 0 Å². The molecule has 0 aromatic heterocycles. The number of esters is 1. The van der Waals surface area contributed by atoms with E-state index in [0.29, 0.717) is 5.70 Å². The lowest BCUT2D eigenvalue weighted by atomic mass is 9.65. The Balaban J connectivity index is 3.46. The second-order valence-corrected chi connectivity index (χ2v) is 5.04. The summed E-state index contributed by atoms with van der Waals surface area (Å²) < 4.78 is 5.03. The van der Waals surface area contributed by atoms with Crippen LogP contribution in [0.2, 0.25) is 0 Å². The van der Waals surface area contributed by atoms with E-state index in [2.05, 4.69) is 0 Å². The van der Waals surface area contributed by atoms with E-state index >= 15 is 0 Å². The highest BCUT2D eigenvalue weighted by atomic mass is 16.5. The molecule has 116 valence electrons. The van der Waals surface area contributed by atoms with Gasteiger partial charge in [0, 0.05) is 12.1 Å². The largest absolute Gasteiger partial charge is 0.465 e. The van der Waals surface area contributed by atoms with Crippen LogP contribution < -0.4 is 11.5 Å². The Labute approximate surface area is 124 Å². The van der Waals surface area contributed by atoms with Gasteiger partial charge in [-0.3, -0.25) is 14.4 Å². The van der Waals surface area contributed by atoms with Gasteiger partial charge in [-0.25, -0.2) is 0 Å². The number of carbonyl (C=O) groups excluding carboxylic acids is 3. The van der Waals surface area contributed by atoms with Crippen LogP contribution in [0.15, 0.2) is 23.9 Å². The molecule has 0 heterocycles. The summed E-state index contributed by atoms with van der Waals surface area (Å²) >= 11 is 0. The van der Waals surface area contributed by atoms with Crippen molar-refractivity contribution >= 4 is 17.5 Å². The molecule has 4 N–H and O–H groups in total. The Bertz CT molecular complexity index is 508. The van der Waals surface area contributed by atoms with Gasteiger partial charge < -0.3 is 16.2 Å². The third-order valence-corrected chi connectivity index (χ3v) is 3.52. The average Bonchev–Trinajstić information content (AvgIpc) is 2.45. The van der Waals surface area contributed by atoms with Crippen molar-refractivity contribution in [2.24, 2.45) is 22.8 Å². The van der Waals surface area contributed by atoms with Crippen LogP contribution >= 0.6 is 0 Å². The van der Waals surface area contributed by atoms with E-state index in [9.17, 15) is 14.4 Å². The molecule has 0 saturated carbocycles. The molecule has 0 aromatic carbocycles. The first-order chi connectivity index (χ1) is 9.81. The van der Waals surface area contributed by atoms with E-state index in [1.165, 1.54) is 25.2 Å². The molecule has 6 nitrogen and oxygen atoms in total. The molecule has 1 aliphatic rings. The lowest BCUT2D eigenvalue weighted by molar-refractivity contribution is -0.161. The summed E-state index contributed by atoms with van der Waals surface area (Å²) in [6.07, 6.45) is 4.40. The third-order valence-electron chi connectivity index (χ3n) is 3.52. The summed E-state index contributed by atoms with van der Waals surface area (Å²) in [6, 6.07) is -0.904.